The van der Waals surface area contributed by atoms with E-state index in [1.807, 2.05) is 0 Å². The van der Waals surface area contributed by atoms with Crippen LogP contribution >= 0.6 is 11.6 Å². The lowest BCUT2D eigenvalue weighted by Crippen LogP contribution is -1.85. The van der Waals surface area contributed by atoms with E-state index in [0.29, 0.717) is 5.02 Å². The molecule has 0 unspecified atom stereocenters. The number of hydrogen-bond donors (Lipinski definition) is 1. The molecule has 72 valence electrons. The van der Waals surface area contributed by atoms with Crippen molar-refractivity contribution in [3.05, 3.63) is 39.4 Å². The van der Waals surface area contributed by atoms with Gasteiger partial charge in [0.25, 0.3) is 5.69 Å². The normalized spacial score (nSPS) is 8.54. The van der Waals surface area contributed by atoms with Crippen molar-refractivity contribution in [1.29, 1.82) is 0 Å². The molecule has 4 nitrogen and oxygen atoms in total. The van der Waals surface area contributed by atoms with Crippen LogP contribution in [0.15, 0.2) is 24.3 Å². The predicted octanol–water partition coefficient (Wildman–Crippen LogP) is 2.25. The second-order valence-corrected chi connectivity index (χ2v) is 2.49. The summed E-state index contributed by atoms with van der Waals surface area (Å²) < 4.78 is 0. The zero-order chi connectivity index (χ0) is 10.3. The topological polar surface area (TPSA) is 63.4 Å². The summed E-state index contributed by atoms with van der Waals surface area (Å²) in [5.74, 6) is 0. The van der Waals surface area contributed by atoms with E-state index in [1.165, 1.54) is 24.3 Å². The zero-order valence-corrected chi connectivity index (χ0v) is 7.86. The third-order valence-electron chi connectivity index (χ3n) is 1.04. The fourth-order valence-corrected chi connectivity index (χ4v) is 0.689. The van der Waals surface area contributed by atoms with E-state index in [2.05, 4.69) is 0 Å². The summed E-state index contributed by atoms with van der Waals surface area (Å²) >= 11 is 5.49. The predicted molar refractivity (Wildman–Crippen MR) is 50.9 cm³/mol. The first-order chi connectivity index (χ1) is 6.11. The maximum atomic E-state index is 10.1. The van der Waals surface area contributed by atoms with Crippen molar-refractivity contribution in [2.24, 2.45) is 0 Å². The smallest absolute Gasteiger partial charge is 0.269 e. The van der Waals surface area contributed by atoms with Gasteiger partial charge in [0, 0.05) is 23.8 Å². The van der Waals surface area contributed by atoms with Gasteiger partial charge in [-0.3, -0.25) is 10.1 Å². The lowest BCUT2D eigenvalue weighted by atomic mass is 10.3. The molecule has 0 bridgehead atoms. The Hall–Kier alpha value is -1.13. The molecule has 0 aliphatic rings. The molecule has 0 heterocycles. The number of rotatable bonds is 1. The Balaban J connectivity index is 0.000000424. The lowest BCUT2D eigenvalue weighted by molar-refractivity contribution is -0.384. The summed E-state index contributed by atoms with van der Waals surface area (Å²) in [6.45, 7) is 1.93. The highest BCUT2D eigenvalue weighted by Gasteiger charge is 2.01. The first kappa shape index (κ1) is 11.9. The second-order valence-electron chi connectivity index (χ2n) is 2.05. The Morgan fingerprint density at radius 2 is 1.85 bits per heavy atom. The van der Waals surface area contributed by atoms with Gasteiger partial charge < -0.3 is 5.11 Å². The number of nitro groups is 1. The molecule has 0 aliphatic carbocycles. The van der Waals surface area contributed by atoms with Gasteiger partial charge in [-0.15, -0.1) is 0 Å². The number of aliphatic hydroxyl groups excluding tert-OH is 1. The third-order valence-corrected chi connectivity index (χ3v) is 1.29. The van der Waals surface area contributed by atoms with Crippen LogP contribution in [-0.4, -0.2) is 16.6 Å². The molecular formula is C8H10ClNO3. The van der Waals surface area contributed by atoms with Gasteiger partial charge >= 0.3 is 0 Å². The monoisotopic (exact) mass is 203 g/mol. The van der Waals surface area contributed by atoms with Crippen molar-refractivity contribution in [1.82, 2.24) is 0 Å². The van der Waals surface area contributed by atoms with Crippen LogP contribution in [0, 0.1) is 10.1 Å². The maximum Gasteiger partial charge on any atom is 0.269 e. The van der Waals surface area contributed by atoms with E-state index in [-0.39, 0.29) is 12.3 Å². The number of halogens is 1. The Morgan fingerprint density at radius 1 is 1.46 bits per heavy atom. The van der Waals surface area contributed by atoms with E-state index in [1.54, 1.807) is 6.92 Å². The number of nitrogens with zero attached hydrogens (tertiary/aromatic N) is 1. The quantitative estimate of drug-likeness (QED) is 0.563. The van der Waals surface area contributed by atoms with Crippen molar-refractivity contribution >= 4 is 17.3 Å². The summed E-state index contributed by atoms with van der Waals surface area (Å²) in [5.41, 5.74) is 0.0596. The molecular weight excluding hydrogens is 194 g/mol. The number of benzene rings is 1. The summed E-state index contributed by atoms with van der Waals surface area (Å²) in [6, 6.07) is 5.70. The van der Waals surface area contributed by atoms with E-state index < -0.39 is 4.92 Å². The van der Waals surface area contributed by atoms with Crippen molar-refractivity contribution in [2.75, 3.05) is 6.61 Å². The van der Waals surface area contributed by atoms with Gasteiger partial charge in [0.1, 0.15) is 0 Å². The molecule has 1 aromatic carbocycles. The van der Waals surface area contributed by atoms with Crippen LogP contribution in [0.5, 0.6) is 0 Å². The minimum absolute atomic E-state index is 0.0596. The SMILES string of the molecule is CCO.O=[N+]([O-])c1ccc(Cl)cc1. The Morgan fingerprint density at radius 3 is 2.15 bits per heavy atom. The summed E-state index contributed by atoms with van der Waals surface area (Å²) in [5, 5.41) is 18.1. The molecule has 1 rings (SSSR count). The lowest BCUT2D eigenvalue weighted by Gasteiger charge is -1.88. The van der Waals surface area contributed by atoms with E-state index >= 15 is 0 Å². The molecule has 13 heavy (non-hydrogen) atoms. The van der Waals surface area contributed by atoms with Crippen LogP contribution < -0.4 is 0 Å². The first-order valence-electron chi connectivity index (χ1n) is 3.62. The van der Waals surface area contributed by atoms with Gasteiger partial charge in [-0.1, -0.05) is 11.6 Å². The number of nitro benzene ring substituents is 1. The van der Waals surface area contributed by atoms with Gasteiger partial charge in [0.2, 0.25) is 0 Å². The van der Waals surface area contributed by atoms with Crippen molar-refractivity contribution < 1.29 is 10.0 Å². The van der Waals surface area contributed by atoms with Gasteiger partial charge in [0.05, 0.1) is 4.92 Å². The average Bonchev–Trinajstić information content (AvgIpc) is 2.06. The van der Waals surface area contributed by atoms with Crippen LogP contribution in [0.2, 0.25) is 5.02 Å². The molecule has 0 saturated heterocycles. The Bertz CT molecular complexity index is 261. The molecule has 1 aromatic rings. The van der Waals surface area contributed by atoms with Crippen LogP contribution in [0.25, 0.3) is 0 Å². The fraction of sp³-hybridized carbons (Fsp3) is 0.250. The summed E-state index contributed by atoms with van der Waals surface area (Å²) in [4.78, 5) is 9.61. The fourth-order valence-electron chi connectivity index (χ4n) is 0.563. The standard InChI is InChI=1S/C6H4ClNO2.C2H6O/c7-5-1-3-6(4-2-5)8(9)10;1-2-3/h1-4H;3H,2H2,1H3. The zero-order valence-electron chi connectivity index (χ0n) is 7.11. The number of hydrogen-bond acceptors (Lipinski definition) is 3. The van der Waals surface area contributed by atoms with Gasteiger partial charge in [-0.05, 0) is 19.1 Å². The molecule has 0 atom stereocenters. The minimum Gasteiger partial charge on any atom is -0.397 e. The molecule has 0 amide bonds. The van der Waals surface area contributed by atoms with E-state index in [9.17, 15) is 10.1 Å². The van der Waals surface area contributed by atoms with Crippen molar-refractivity contribution in [2.45, 2.75) is 6.92 Å². The van der Waals surface area contributed by atoms with Crippen LogP contribution in [0.3, 0.4) is 0 Å². The third kappa shape index (κ3) is 5.16. The highest BCUT2D eigenvalue weighted by molar-refractivity contribution is 6.30. The largest absolute Gasteiger partial charge is 0.397 e. The molecule has 0 aromatic heterocycles. The highest BCUT2D eigenvalue weighted by Crippen LogP contribution is 2.14. The molecule has 5 heteroatoms. The van der Waals surface area contributed by atoms with E-state index in [4.69, 9.17) is 16.7 Å². The highest BCUT2D eigenvalue weighted by atomic mass is 35.5. The van der Waals surface area contributed by atoms with Crippen molar-refractivity contribution in [3.8, 4) is 0 Å². The molecule has 0 aliphatic heterocycles. The molecule has 0 spiro atoms. The van der Waals surface area contributed by atoms with Crippen LogP contribution in [-0.2, 0) is 0 Å². The second kappa shape index (κ2) is 6.39. The summed E-state index contributed by atoms with van der Waals surface area (Å²) in [6.07, 6.45) is 0. The Labute approximate surface area is 80.9 Å². The minimum atomic E-state index is -0.462. The van der Waals surface area contributed by atoms with Gasteiger partial charge in [0.15, 0.2) is 0 Å². The van der Waals surface area contributed by atoms with Crippen molar-refractivity contribution in [3.63, 3.8) is 0 Å². The Kier molecular flexibility index (Phi) is 5.84. The molecule has 1 N–H and O–H groups in total. The van der Waals surface area contributed by atoms with E-state index in [0.717, 1.165) is 0 Å². The first-order valence-corrected chi connectivity index (χ1v) is 4.00. The molecule has 0 radical (unpaired) electrons. The van der Waals surface area contributed by atoms with Gasteiger partial charge in [-0.25, -0.2) is 0 Å². The number of non-ortho nitro benzene ring substituents is 1. The molecule has 0 fully saturated rings. The number of aliphatic hydroxyl groups is 1. The maximum absolute atomic E-state index is 10.1. The van der Waals surface area contributed by atoms with Gasteiger partial charge in [-0.2, -0.15) is 0 Å². The molecule has 0 saturated carbocycles. The van der Waals surface area contributed by atoms with Crippen LogP contribution in [0.4, 0.5) is 5.69 Å². The van der Waals surface area contributed by atoms with Crippen LogP contribution in [0.1, 0.15) is 6.92 Å². The average molecular weight is 204 g/mol. The summed E-state index contributed by atoms with van der Waals surface area (Å²) in [7, 11) is 0.